The molecule has 1 aliphatic heterocycles. The van der Waals surface area contributed by atoms with Crippen LogP contribution < -0.4 is 4.90 Å². The maximum atomic E-state index is 12.7. The summed E-state index contributed by atoms with van der Waals surface area (Å²) in [6, 6.07) is 12.0. The maximum Gasteiger partial charge on any atom is 0.270 e. The predicted molar refractivity (Wildman–Crippen MR) is 102 cm³/mol. The highest BCUT2D eigenvalue weighted by atomic mass is 35.5. The van der Waals surface area contributed by atoms with Crippen LogP contribution in [0.25, 0.3) is 0 Å². The minimum Gasteiger partial charge on any atom is -0.371 e. The van der Waals surface area contributed by atoms with Crippen molar-refractivity contribution in [2.45, 2.75) is 19.4 Å². The van der Waals surface area contributed by atoms with Gasteiger partial charge in [-0.1, -0.05) is 29.8 Å². The number of benzene rings is 2. The number of nitrogens with zero attached hydrogens (tertiary/aromatic N) is 3. The molecule has 0 unspecified atom stereocenters. The molecule has 1 aliphatic rings. The SMILES string of the molecule is CN(Cc1ccccc1N1CCCC1)C(=O)c1ccc([N+](=O)[O-])cc1Cl. The summed E-state index contributed by atoms with van der Waals surface area (Å²) < 4.78 is 0. The van der Waals surface area contributed by atoms with Gasteiger partial charge in [-0.3, -0.25) is 14.9 Å². The molecule has 0 N–H and O–H groups in total. The minimum atomic E-state index is -0.532. The van der Waals surface area contributed by atoms with Gasteiger partial charge < -0.3 is 9.80 Å². The molecule has 1 amide bonds. The van der Waals surface area contributed by atoms with Crippen molar-refractivity contribution in [3.63, 3.8) is 0 Å². The van der Waals surface area contributed by atoms with E-state index in [1.54, 1.807) is 11.9 Å². The number of carbonyl (C=O) groups excluding carboxylic acids is 1. The Morgan fingerprint density at radius 2 is 1.92 bits per heavy atom. The summed E-state index contributed by atoms with van der Waals surface area (Å²) in [7, 11) is 1.71. The third kappa shape index (κ3) is 3.80. The van der Waals surface area contributed by atoms with Gasteiger partial charge in [0, 0.05) is 44.5 Å². The fraction of sp³-hybridized carbons (Fsp3) is 0.316. The average Bonchev–Trinajstić information content (AvgIpc) is 3.16. The van der Waals surface area contributed by atoms with E-state index in [1.807, 2.05) is 18.2 Å². The molecular formula is C19H20ClN3O3. The molecular weight excluding hydrogens is 354 g/mol. The van der Waals surface area contributed by atoms with Crippen LogP contribution in [0, 0.1) is 10.1 Å². The first-order chi connectivity index (χ1) is 12.5. The van der Waals surface area contributed by atoms with Crippen LogP contribution in [0.4, 0.5) is 11.4 Å². The minimum absolute atomic E-state index is 0.0869. The molecule has 0 saturated carbocycles. The van der Waals surface area contributed by atoms with Gasteiger partial charge in [0.15, 0.2) is 0 Å². The second-order valence-electron chi connectivity index (χ2n) is 6.41. The van der Waals surface area contributed by atoms with E-state index >= 15 is 0 Å². The molecule has 1 fully saturated rings. The first-order valence-electron chi connectivity index (χ1n) is 8.49. The molecule has 26 heavy (non-hydrogen) atoms. The van der Waals surface area contributed by atoms with E-state index in [9.17, 15) is 14.9 Å². The molecule has 6 nitrogen and oxygen atoms in total. The van der Waals surface area contributed by atoms with Crippen molar-refractivity contribution in [1.82, 2.24) is 4.90 Å². The molecule has 0 spiro atoms. The monoisotopic (exact) mass is 373 g/mol. The maximum absolute atomic E-state index is 12.7. The van der Waals surface area contributed by atoms with Gasteiger partial charge in [0.25, 0.3) is 11.6 Å². The molecule has 136 valence electrons. The van der Waals surface area contributed by atoms with Crippen LogP contribution in [0.5, 0.6) is 0 Å². The van der Waals surface area contributed by atoms with Gasteiger partial charge in [-0.15, -0.1) is 0 Å². The summed E-state index contributed by atoms with van der Waals surface area (Å²) in [5, 5.41) is 10.9. The summed E-state index contributed by atoms with van der Waals surface area (Å²) in [5.41, 5.74) is 2.36. The number of hydrogen-bond donors (Lipinski definition) is 0. The van der Waals surface area contributed by atoms with E-state index in [2.05, 4.69) is 11.0 Å². The first-order valence-corrected chi connectivity index (χ1v) is 8.87. The molecule has 7 heteroatoms. The molecule has 0 aliphatic carbocycles. The molecule has 0 bridgehead atoms. The quantitative estimate of drug-likeness (QED) is 0.584. The van der Waals surface area contributed by atoms with Crippen LogP contribution in [0.1, 0.15) is 28.8 Å². The van der Waals surface area contributed by atoms with Crippen molar-refractivity contribution in [2.24, 2.45) is 0 Å². The zero-order chi connectivity index (χ0) is 18.7. The third-order valence-electron chi connectivity index (χ3n) is 4.59. The number of nitro benzene ring substituents is 1. The summed E-state index contributed by atoms with van der Waals surface area (Å²) >= 11 is 6.09. The van der Waals surface area contributed by atoms with E-state index in [-0.39, 0.29) is 22.2 Å². The summed E-state index contributed by atoms with van der Waals surface area (Å²) in [5.74, 6) is -0.263. The number of amides is 1. The van der Waals surface area contributed by atoms with Gasteiger partial charge in [0.2, 0.25) is 0 Å². The summed E-state index contributed by atoms with van der Waals surface area (Å²) in [6.07, 6.45) is 2.36. The number of non-ortho nitro benzene ring substituents is 1. The summed E-state index contributed by atoms with van der Waals surface area (Å²) in [4.78, 5) is 27.0. The zero-order valence-corrected chi connectivity index (χ0v) is 15.3. The van der Waals surface area contributed by atoms with Crippen molar-refractivity contribution in [2.75, 3.05) is 25.0 Å². The van der Waals surface area contributed by atoms with Crippen LogP contribution >= 0.6 is 11.6 Å². The Morgan fingerprint density at radius 1 is 1.23 bits per heavy atom. The Balaban J connectivity index is 1.79. The van der Waals surface area contributed by atoms with Crippen molar-refractivity contribution >= 4 is 28.9 Å². The number of para-hydroxylation sites is 1. The Labute approximate surface area is 157 Å². The van der Waals surface area contributed by atoms with Crippen LogP contribution in [0.3, 0.4) is 0 Å². The lowest BCUT2D eigenvalue weighted by molar-refractivity contribution is -0.384. The van der Waals surface area contributed by atoms with E-state index in [0.29, 0.717) is 6.54 Å². The molecule has 3 rings (SSSR count). The van der Waals surface area contributed by atoms with Gasteiger partial charge >= 0.3 is 0 Å². The smallest absolute Gasteiger partial charge is 0.270 e. The summed E-state index contributed by atoms with van der Waals surface area (Å²) in [6.45, 7) is 2.50. The van der Waals surface area contributed by atoms with Gasteiger partial charge in [-0.05, 0) is 30.5 Å². The molecule has 0 aromatic heterocycles. The Morgan fingerprint density at radius 3 is 2.58 bits per heavy atom. The lowest BCUT2D eigenvalue weighted by Gasteiger charge is -2.24. The topological polar surface area (TPSA) is 66.7 Å². The highest BCUT2D eigenvalue weighted by molar-refractivity contribution is 6.34. The number of nitro groups is 1. The molecule has 2 aromatic rings. The standard InChI is InChI=1S/C19H20ClN3O3/c1-21(19(24)16-9-8-15(23(25)26)12-17(16)20)13-14-6-2-3-7-18(14)22-10-4-5-11-22/h2-3,6-9,12H,4-5,10-11,13H2,1H3. The average molecular weight is 374 g/mol. The Bertz CT molecular complexity index is 835. The number of anilines is 1. The lowest BCUT2D eigenvalue weighted by Crippen LogP contribution is -2.28. The number of carbonyl (C=O) groups is 1. The zero-order valence-electron chi connectivity index (χ0n) is 14.5. The van der Waals surface area contributed by atoms with Crippen molar-refractivity contribution in [3.05, 3.63) is 68.7 Å². The Kier molecular flexibility index (Phi) is 5.42. The normalized spacial score (nSPS) is 13.7. The van der Waals surface area contributed by atoms with Crippen molar-refractivity contribution < 1.29 is 9.72 Å². The fourth-order valence-corrected chi connectivity index (χ4v) is 3.49. The predicted octanol–water partition coefficient (Wildman–Crippen LogP) is 4.12. The van der Waals surface area contributed by atoms with E-state index in [4.69, 9.17) is 11.6 Å². The third-order valence-corrected chi connectivity index (χ3v) is 4.90. The van der Waals surface area contributed by atoms with Crippen molar-refractivity contribution in [1.29, 1.82) is 0 Å². The molecule has 0 radical (unpaired) electrons. The van der Waals surface area contributed by atoms with E-state index in [0.717, 1.165) is 24.3 Å². The van der Waals surface area contributed by atoms with Crippen molar-refractivity contribution in [3.8, 4) is 0 Å². The van der Waals surface area contributed by atoms with Gasteiger partial charge in [-0.25, -0.2) is 0 Å². The van der Waals surface area contributed by atoms with Crippen LogP contribution in [0.2, 0.25) is 5.02 Å². The lowest BCUT2D eigenvalue weighted by atomic mass is 10.1. The second kappa shape index (κ2) is 7.74. The van der Waals surface area contributed by atoms with Crippen LogP contribution in [-0.4, -0.2) is 35.9 Å². The molecule has 2 aromatic carbocycles. The highest BCUT2D eigenvalue weighted by Crippen LogP contribution is 2.27. The second-order valence-corrected chi connectivity index (χ2v) is 6.81. The molecule has 1 heterocycles. The fourth-order valence-electron chi connectivity index (χ4n) is 3.24. The van der Waals surface area contributed by atoms with E-state index in [1.165, 1.54) is 31.0 Å². The Hall–Kier alpha value is -2.60. The van der Waals surface area contributed by atoms with Crippen LogP contribution in [0.15, 0.2) is 42.5 Å². The van der Waals surface area contributed by atoms with Gasteiger partial charge in [0.05, 0.1) is 15.5 Å². The van der Waals surface area contributed by atoms with Gasteiger partial charge in [0.1, 0.15) is 0 Å². The van der Waals surface area contributed by atoms with E-state index < -0.39 is 4.92 Å². The first kappa shape index (κ1) is 18.2. The highest BCUT2D eigenvalue weighted by Gasteiger charge is 2.21. The number of rotatable bonds is 5. The number of hydrogen-bond acceptors (Lipinski definition) is 4. The molecule has 1 saturated heterocycles. The largest absolute Gasteiger partial charge is 0.371 e. The van der Waals surface area contributed by atoms with Gasteiger partial charge in [-0.2, -0.15) is 0 Å². The number of halogens is 1. The van der Waals surface area contributed by atoms with Crippen LogP contribution in [-0.2, 0) is 6.54 Å². The molecule has 0 atom stereocenters.